The largest absolute Gasteiger partial charge is 0.417 e. The second-order valence-corrected chi connectivity index (χ2v) is 10.1. The predicted molar refractivity (Wildman–Crippen MR) is 140 cm³/mol. The Morgan fingerprint density at radius 1 is 1.10 bits per heavy atom. The number of anilines is 1. The van der Waals surface area contributed by atoms with E-state index >= 15 is 0 Å². The highest BCUT2D eigenvalue weighted by atomic mass is 19.4. The van der Waals surface area contributed by atoms with Crippen LogP contribution in [0.25, 0.3) is 11.3 Å². The van der Waals surface area contributed by atoms with Crippen LogP contribution in [0.2, 0.25) is 0 Å². The molecule has 0 radical (unpaired) electrons. The molecule has 41 heavy (non-hydrogen) atoms. The summed E-state index contributed by atoms with van der Waals surface area (Å²) in [5, 5.41) is 26.1. The number of Topliss-reactive ketones (excluding diaryl/α,β-unsaturated/α-hetero) is 1. The first-order valence-corrected chi connectivity index (χ1v) is 12.8. The third-order valence-corrected chi connectivity index (χ3v) is 6.91. The van der Waals surface area contributed by atoms with Gasteiger partial charge in [0.05, 0.1) is 29.1 Å². The lowest BCUT2D eigenvalue weighted by Crippen LogP contribution is -2.43. The van der Waals surface area contributed by atoms with Gasteiger partial charge in [-0.05, 0) is 50.5 Å². The fourth-order valence-corrected chi connectivity index (χ4v) is 4.51. The Balaban J connectivity index is 1.47. The number of hydrogen-bond donors (Lipinski definition) is 1. The average molecular weight is 569 g/mol. The van der Waals surface area contributed by atoms with Gasteiger partial charge in [0, 0.05) is 25.1 Å². The zero-order chi connectivity index (χ0) is 29.9. The van der Waals surface area contributed by atoms with Crippen LogP contribution >= 0.6 is 0 Å². The van der Waals surface area contributed by atoms with Crippen molar-refractivity contribution >= 4 is 23.4 Å². The van der Waals surface area contributed by atoms with Gasteiger partial charge in [-0.2, -0.15) is 18.4 Å². The lowest BCUT2D eigenvalue weighted by Gasteiger charge is -2.27. The number of ketones is 1. The summed E-state index contributed by atoms with van der Waals surface area (Å²) in [6.45, 7) is 3.17. The van der Waals surface area contributed by atoms with E-state index in [1.807, 2.05) is 0 Å². The Hall–Kier alpha value is -4.57. The summed E-state index contributed by atoms with van der Waals surface area (Å²) < 4.78 is 42.2. The van der Waals surface area contributed by atoms with Gasteiger partial charge in [0.25, 0.3) is 5.91 Å². The van der Waals surface area contributed by atoms with Crippen LogP contribution in [-0.4, -0.2) is 54.9 Å². The summed E-state index contributed by atoms with van der Waals surface area (Å²) in [7, 11) is 0. The van der Waals surface area contributed by atoms with Crippen molar-refractivity contribution in [3.8, 4) is 17.3 Å². The molecule has 0 aliphatic carbocycles. The maximum absolute atomic E-state index is 13.5. The van der Waals surface area contributed by atoms with Crippen molar-refractivity contribution in [2.75, 3.05) is 11.5 Å². The Bertz CT molecular complexity index is 1510. The van der Waals surface area contributed by atoms with E-state index in [2.05, 4.69) is 10.3 Å². The molecule has 2 aromatic carbocycles. The number of rotatable bonds is 10. The quantitative estimate of drug-likeness (QED) is 0.285. The van der Waals surface area contributed by atoms with Crippen LogP contribution in [0.1, 0.15) is 49.8 Å². The van der Waals surface area contributed by atoms with Crippen LogP contribution in [0.3, 0.4) is 0 Å². The number of carbonyl (C=O) groups is 3. The Morgan fingerprint density at radius 3 is 2.44 bits per heavy atom. The molecule has 0 spiro atoms. The van der Waals surface area contributed by atoms with E-state index in [-0.39, 0.29) is 18.0 Å². The summed E-state index contributed by atoms with van der Waals surface area (Å²) in [6.07, 6.45) is -1.44. The van der Waals surface area contributed by atoms with Crippen molar-refractivity contribution in [2.24, 2.45) is 0 Å². The molecule has 2 heterocycles. The van der Waals surface area contributed by atoms with Gasteiger partial charge >= 0.3 is 12.2 Å². The second-order valence-electron chi connectivity index (χ2n) is 10.1. The number of imide groups is 1. The average Bonchev–Trinajstić information content (AvgIpc) is 3.48. The molecule has 1 N–H and O–H groups in total. The number of hydrogen-bond acceptors (Lipinski definition) is 7. The van der Waals surface area contributed by atoms with Crippen molar-refractivity contribution in [1.82, 2.24) is 19.9 Å². The van der Waals surface area contributed by atoms with Gasteiger partial charge in [0.2, 0.25) is 0 Å². The van der Waals surface area contributed by atoms with E-state index in [4.69, 9.17) is 10.4 Å². The zero-order valence-corrected chi connectivity index (χ0v) is 22.4. The second kappa shape index (κ2) is 11.5. The minimum Gasteiger partial charge on any atom is -0.389 e. The molecular weight excluding hydrogens is 541 g/mol. The Labute approximate surface area is 233 Å². The number of unbranched alkanes of at least 4 members (excludes halogenated alkanes) is 1. The number of aryl methyl sites for hydroxylation is 1. The molecule has 1 aliphatic rings. The van der Waals surface area contributed by atoms with Gasteiger partial charge in [-0.15, -0.1) is 5.10 Å². The molecule has 1 aliphatic heterocycles. The monoisotopic (exact) mass is 568 g/mol. The Kier molecular flexibility index (Phi) is 8.25. The molecule has 0 saturated carbocycles. The lowest BCUT2D eigenvalue weighted by atomic mass is 10.0. The number of halogens is 3. The number of alkyl halides is 3. The highest BCUT2D eigenvalue weighted by Crippen LogP contribution is 2.38. The van der Waals surface area contributed by atoms with Crippen molar-refractivity contribution < 1.29 is 32.7 Å². The number of aliphatic hydroxyl groups excluding tert-OH is 1. The lowest BCUT2D eigenvalue weighted by molar-refractivity contribution is -0.137. The molecule has 10 nitrogen and oxygen atoms in total. The first kappa shape index (κ1) is 29.4. The van der Waals surface area contributed by atoms with E-state index in [1.54, 1.807) is 35.1 Å². The van der Waals surface area contributed by atoms with E-state index in [1.165, 1.54) is 24.8 Å². The third kappa shape index (κ3) is 6.12. The van der Waals surface area contributed by atoms with E-state index < -0.39 is 41.4 Å². The maximum atomic E-state index is 13.5. The fourth-order valence-electron chi connectivity index (χ4n) is 4.51. The van der Waals surface area contributed by atoms with E-state index in [9.17, 15) is 27.6 Å². The molecule has 3 amide bonds. The Morgan fingerprint density at radius 2 is 1.80 bits per heavy atom. The standard InChI is InChI=1S/C28H27F3N6O4/c1-27(2)25(40)37(21-11-10-20(14-32)23(13-21)28(29,30)31)26(41)36(27)15-18-6-8-19(9-7-18)24-16-35(34-33-24)12-4-3-5-22(39)17-38/h6-11,13,16,38H,3-5,12,15,17H2,1-2H3. The topological polar surface area (TPSA) is 132 Å². The van der Waals surface area contributed by atoms with Gasteiger partial charge in [0.15, 0.2) is 5.78 Å². The highest BCUT2D eigenvalue weighted by Gasteiger charge is 2.52. The predicted octanol–water partition coefficient (Wildman–Crippen LogP) is 4.31. The number of amides is 3. The van der Waals surface area contributed by atoms with Crippen LogP contribution in [-0.2, 0) is 28.9 Å². The number of aromatic nitrogens is 3. The first-order valence-electron chi connectivity index (χ1n) is 12.8. The summed E-state index contributed by atoms with van der Waals surface area (Å²) in [5.41, 5.74) is -1.38. The first-order chi connectivity index (χ1) is 19.4. The molecule has 13 heteroatoms. The minimum absolute atomic E-state index is 0.0238. The van der Waals surface area contributed by atoms with Crippen molar-refractivity contribution in [3.63, 3.8) is 0 Å². The fraction of sp³-hybridized carbons (Fsp3) is 0.357. The molecule has 4 rings (SSSR count). The molecule has 1 aromatic heterocycles. The molecule has 0 bridgehead atoms. The molecule has 0 atom stereocenters. The molecule has 1 saturated heterocycles. The number of nitriles is 1. The van der Waals surface area contributed by atoms with Crippen LogP contribution in [0.4, 0.5) is 23.7 Å². The number of benzene rings is 2. The van der Waals surface area contributed by atoms with E-state index in [0.717, 1.165) is 17.7 Å². The minimum atomic E-state index is -4.84. The van der Waals surface area contributed by atoms with Gasteiger partial charge in [-0.25, -0.2) is 9.69 Å². The van der Waals surface area contributed by atoms with E-state index in [0.29, 0.717) is 48.0 Å². The van der Waals surface area contributed by atoms with Gasteiger partial charge in [-0.3, -0.25) is 14.3 Å². The van der Waals surface area contributed by atoms with Crippen LogP contribution < -0.4 is 4.90 Å². The van der Waals surface area contributed by atoms with Gasteiger partial charge in [0.1, 0.15) is 17.8 Å². The zero-order valence-electron chi connectivity index (χ0n) is 22.4. The van der Waals surface area contributed by atoms with Crippen LogP contribution in [0.15, 0.2) is 48.7 Å². The number of aliphatic hydroxyl groups is 1. The summed E-state index contributed by atoms with van der Waals surface area (Å²) >= 11 is 0. The number of carbonyl (C=O) groups excluding carboxylic acids is 3. The van der Waals surface area contributed by atoms with Crippen molar-refractivity contribution in [3.05, 3.63) is 65.4 Å². The molecule has 1 fully saturated rings. The summed E-state index contributed by atoms with van der Waals surface area (Å²) in [5.74, 6) is -0.889. The number of nitrogens with zero attached hydrogens (tertiary/aromatic N) is 6. The third-order valence-electron chi connectivity index (χ3n) is 6.91. The van der Waals surface area contributed by atoms with Crippen LogP contribution in [0, 0.1) is 11.3 Å². The van der Waals surface area contributed by atoms with Gasteiger partial charge < -0.3 is 10.0 Å². The van der Waals surface area contributed by atoms with Crippen LogP contribution in [0.5, 0.6) is 0 Å². The smallest absolute Gasteiger partial charge is 0.389 e. The number of urea groups is 1. The highest BCUT2D eigenvalue weighted by molar-refractivity contribution is 6.23. The SMILES string of the molecule is CC1(C)C(=O)N(c2ccc(C#N)c(C(F)(F)F)c2)C(=O)N1Cc1ccc(-c2cn(CCCCC(=O)CO)nn2)cc1. The van der Waals surface area contributed by atoms with Crippen molar-refractivity contribution in [1.29, 1.82) is 5.26 Å². The van der Waals surface area contributed by atoms with Crippen molar-refractivity contribution in [2.45, 2.75) is 57.9 Å². The summed E-state index contributed by atoms with van der Waals surface area (Å²) in [6, 6.07) is 10.5. The van der Waals surface area contributed by atoms with Gasteiger partial charge in [-0.1, -0.05) is 29.5 Å². The normalized spacial score (nSPS) is 15.0. The molecule has 214 valence electrons. The molecule has 3 aromatic rings. The molecule has 0 unspecified atom stereocenters. The maximum Gasteiger partial charge on any atom is 0.417 e. The molecular formula is C28H27F3N6O4. The summed E-state index contributed by atoms with van der Waals surface area (Å²) in [4.78, 5) is 39.7.